The Morgan fingerprint density at radius 2 is 1.00 bits per heavy atom. The first kappa shape index (κ1) is 27.7. The van der Waals surface area contributed by atoms with Gasteiger partial charge in [0.25, 0.3) is 0 Å². The van der Waals surface area contributed by atoms with Crippen LogP contribution in [0.4, 0.5) is 0 Å². The van der Waals surface area contributed by atoms with Crippen molar-refractivity contribution >= 4 is 39.2 Å². The van der Waals surface area contributed by atoms with Crippen molar-refractivity contribution in [2.75, 3.05) is 0 Å². The van der Waals surface area contributed by atoms with E-state index in [1.807, 2.05) is 13.8 Å². The fourth-order valence-electron chi connectivity index (χ4n) is 2.26. The van der Waals surface area contributed by atoms with Crippen molar-refractivity contribution in [1.29, 1.82) is 0 Å². The summed E-state index contributed by atoms with van der Waals surface area (Å²) in [5.41, 5.74) is 0. The number of rotatable bonds is 12. The molecule has 0 saturated carbocycles. The van der Waals surface area contributed by atoms with E-state index < -0.39 is 11.9 Å². The fraction of sp³-hybridized carbons (Fsp3) is 0.889. The molecule has 0 saturated heterocycles. The first-order valence-electron chi connectivity index (χ1n) is 8.86. The van der Waals surface area contributed by atoms with Crippen LogP contribution in [-0.4, -0.2) is 39.2 Å². The van der Waals surface area contributed by atoms with Crippen LogP contribution >= 0.6 is 0 Å². The summed E-state index contributed by atoms with van der Waals surface area (Å²) in [5.74, 6) is -2.21. The van der Waals surface area contributed by atoms with Crippen LogP contribution in [0.2, 0.25) is 0 Å². The van der Waals surface area contributed by atoms with E-state index in [2.05, 4.69) is 13.8 Å². The van der Waals surface area contributed by atoms with Gasteiger partial charge in [0.2, 0.25) is 0 Å². The minimum Gasteiger partial charge on any atom is -0.550 e. The Hall–Kier alpha value is -0.138. The maximum absolute atomic E-state index is 10.4. The molecular formula is C18H34O4Pb. The zero-order valence-electron chi connectivity index (χ0n) is 15.4. The molecule has 0 aromatic heterocycles. The first-order chi connectivity index (χ1) is 10.4. The van der Waals surface area contributed by atoms with Crippen LogP contribution in [0.15, 0.2) is 0 Å². The second-order valence-electron chi connectivity index (χ2n) is 5.84. The van der Waals surface area contributed by atoms with Crippen molar-refractivity contribution in [2.45, 2.75) is 91.9 Å². The number of carboxylic acids is 2. The van der Waals surface area contributed by atoms with Gasteiger partial charge < -0.3 is 19.8 Å². The third kappa shape index (κ3) is 18.0. The van der Waals surface area contributed by atoms with Crippen molar-refractivity contribution in [3.05, 3.63) is 0 Å². The van der Waals surface area contributed by atoms with Gasteiger partial charge in [-0.25, -0.2) is 0 Å². The first-order valence-corrected chi connectivity index (χ1v) is 8.86. The number of unbranched alkanes of at least 4 members (excludes halogenated alkanes) is 4. The second-order valence-corrected chi connectivity index (χ2v) is 5.84. The molecule has 0 aromatic carbocycles. The van der Waals surface area contributed by atoms with Crippen molar-refractivity contribution in [2.24, 2.45) is 11.8 Å². The third-order valence-corrected chi connectivity index (χ3v) is 3.96. The number of carbonyl (C=O) groups is 2. The van der Waals surface area contributed by atoms with Gasteiger partial charge in [0.1, 0.15) is 0 Å². The Morgan fingerprint density at radius 1 is 0.696 bits per heavy atom. The number of hydrogen-bond donors (Lipinski definition) is 0. The van der Waals surface area contributed by atoms with Gasteiger partial charge in [-0.2, -0.15) is 0 Å². The van der Waals surface area contributed by atoms with Gasteiger partial charge in [-0.1, -0.05) is 66.2 Å². The molecule has 0 rings (SSSR count). The predicted molar refractivity (Wildman–Crippen MR) is 91.6 cm³/mol. The van der Waals surface area contributed by atoms with Crippen molar-refractivity contribution < 1.29 is 19.8 Å². The van der Waals surface area contributed by atoms with E-state index >= 15 is 0 Å². The Kier molecular flexibility index (Phi) is 24.0. The zero-order chi connectivity index (χ0) is 17.4. The molecule has 0 bridgehead atoms. The van der Waals surface area contributed by atoms with Crippen molar-refractivity contribution in [3.63, 3.8) is 0 Å². The molecule has 0 amide bonds. The van der Waals surface area contributed by atoms with E-state index in [-0.39, 0.29) is 39.1 Å². The zero-order valence-corrected chi connectivity index (χ0v) is 19.2. The molecule has 2 unspecified atom stereocenters. The summed E-state index contributed by atoms with van der Waals surface area (Å²) in [6, 6.07) is 0. The summed E-state index contributed by atoms with van der Waals surface area (Å²) in [6.07, 6.45) is 9.55. The van der Waals surface area contributed by atoms with E-state index in [4.69, 9.17) is 0 Å². The Labute approximate surface area is 162 Å². The summed E-state index contributed by atoms with van der Waals surface area (Å²) in [4.78, 5) is 20.8. The molecule has 2 atom stereocenters. The number of aliphatic carboxylic acids is 2. The predicted octanol–water partition coefficient (Wildman–Crippen LogP) is 2.30. The second kappa shape index (κ2) is 19.9. The number of hydrogen-bond acceptors (Lipinski definition) is 4. The average molecular weight is 522 g/mol. The molecule has 0 N–H and O–H groups in total. The Bertz CT molecular complexity index is 254. The smallest absolute Gasteiger partial charge is 0.550 e. The van der Waals surface area contributed by atoms with Crippen LogP contribution in [0.25, 0.3) is 0 Å². The van der Waals surface area contributed by atoms with Gasteiger partial charge in [0, 0.05) is 11.9 Å². The molecule has 0 aromatic rings. The molecule has 4 nitrogen and oxygen atoms in total. The summed E-state index contributed by atoms with van der Waals surface area (Å²) in [6.45, 7) is 8.01. The molecule has 2 radical (unpaired) electrons. The largest absolute Gasteiger partial charge is 2.00 e. The average Bonchev–Trinajstić information content (AvgIpc) is 2.48. The van der Waals surface area contributed by atoms with Crippen molar-refractivity contribution in [3.8, 4) is 0 Å². The number of carbonyl (C=O) groups excluding carboxylic acids is 2. The number of carboxylic acid groups (broad SMARTS) is 2. The molecule has 5 heteroatoms. The molecule has 23 heavy (non-hydrogen) atoms. The molecular weight excluding hydrogens is 487 g/mol. The van der Waals surface area contributed by atoms with Crippen LogP contribution in [0.3, 0.4) is 0 Å². The van der Waals surface area contributed by atoms with E-state index in [1.54, 1.807) is 0 Å². The van der Waals surface area contributed by atoms with Crippen LogP contribution in [-0.2, 0) is 9.59 Å². The maximum atomic E-state index is 10.4. The summed E-state index contributed by atoms with van der Waals surface area (Å²) >= 11 is 0. The third-order valence-electron chi connectivity index (χ3n) is 3.96. The van der Waals surface area contributed by atoms with Crippen molar-refractivity contribution in [1.82, 2.24) is 0 Å². The summed E-state index contributed by atoms with van der Waals surface area (Å²) in [7, 11) is 0. The van der Waals surface area contributed by atoms with E-state index in [0.29, 0.717) is 12.8 Å². The maximum Gasteiger partial charge on any atom is 2.00 e. The molecule has 0 aliphatic rings. The topological polar surface area (TPSA) is 80.3 Å². The van der Waals surface area contributed by atoms with Gasteiger partial charge >= 0.3 is 27.3 Å². The minimum atomic E-state index is -0.886. The summed E-state index contributed by atoms with van der Waals surface area (Å²) in [5, 5.41) is 20.8. The fourth-order valence-corrected chi connectivity index (χ4v) is 2.26. The Balaban J connectivity index is -0.000000333. The van der Waals surface area contributed by atoms with Crippen LogP contribution < -0.4 is 10.2 Å². The molecule has 0 aliphatic carbocycles. The van der Waals surface area contributed by atoms with Crippen LogP contribution in [0.5, 0.6) is 0 Å². The van der Waals surface area contributed by atoms with Gasteiger partial charge in [0.15, 0.2) is 0 Å². The molecule has 0 fully saturated rings. The molecule has 134 valence electrons. The molecule has 0 heterocycles. The minimum absolute atomic E-state index is 0. The Morgan fingerprint density at radius 3 is 1.17 bits per heavy atom. The standard InChI is InChI=1S/2C9H18O2.Pb/c2*1-3-5-6-7-8(4-2)9(10)11;/h2*8H,3-7H2,1-2H3,(H,10,11);/q;;+2/p-2. The van der Waals surface area contributed by atoms with Gasteiger partial charge in [-0.3, -0.25) is 0 Å². The van der Waals surface area contributed by atoms with Gasteiger partial charge in [-0.15, -0.1) is 0 Å². The monoisotopic (exact) mass is 522 g/mol. The quantitative estimate of drug-likeness (QED) is 0.292. The van der Waals surface area contributed by atoms with Crippen LogP contribution in [0.1, 0.15) is 91.9 Å². The van der Waals surface area contributed by atoms with Gasteiger partial charge in [-0.05, 0) is 37.5 Å². The van der Waals surface area contributed by atoms with E-state index in [0.717, 1.165) is 51.4 Å². The summed E-state index contributed by atoms with van der Waals surface area (Å²) < 4.78 is 0. The van der Waals surface area contributed by atoms with Crippen LogP contribution in [0, 0.1) is 11.8 Å². The van der Waals surface area contributed by atoms with E-state index in [9.17, 15) is 19.8 Å². The molecule has 0 spiro atoms. The molecule has 0 aliphatic heterocycles. The normalized spacial score (nSPS) is 12.3. The van der Waals surface area contributed by atoms with Gasteiger partial charge in [0.05, 0.1) is 0 Å². The van der Waals surface area contributed by atoms with E-state index in [1.165, 1.54) is 0 Å². The SMILES string of the molecule is CCCCCC(CC)C(=O)[O-].CCCCCC(CC)C(=O)[O-].[Pb+2].